The van der Waals surface area contributed by atoms with Crippen molar-refractivity contribution in [3.8, 4) is 5.75 Å². The topological polar surface area (TPSA) is 35.2 Å². The van der Waals surface area contributed by atoms with Crippen LogP contribution >= 0.6 is 0 Å². The van der Waals surface area contributed by atoms with Gasteiger partial charge in [0.15, 0.2) is 0 Å². The highest BCUT2D eigenvalue weighted by Gasteiger charge is 2.22. The molecular weight excluding hydrogens is 336 g/mol. The van der Waals surface area contributed by atoms with Crippen LogP contribution in [0.2, 0.25) is 0 Å². The normalized spacial score (nSPS) is 18.7. The highest BCUT2D eigenvalue weighted by molar-refractivity contribution is 5.86. The van der Waals surface area contributed by atoms with E-state index in [1.165, 1.54) is 41.6 Å². The molecule has 1 aromatic carbocycles. The number of nitrogens with zero attached hydrogens (tertiary/aromatic N) is 4. The second-order valence-electron chi connectivity index (χ2n) is 8.02. The molecule has 2 aliphatic rings. The summed E-state index contributed by atoms with van der Waals surface area (Å²) in [4.78, 5) is 2.53. The summed E-state index contributed by atoms with van der Waals surface area (Å²) < 4.78 is 10.8. The zero-order chi connectivity index (χ0) is 18.2. The van der Waals surface area contributed by atoms with Gasteiger partial charge < -0.3 is 9.30 Å². The summed E-state index contributed by atoms with van der Waals surface area (Å²) in [6.07, 6.45) is 8.33. The van der Waals surface area contributed by atoms with Gasteiger partial charge in [0.1, 0.15) is 11.9 Å². The Morgan fingerprint density at radius 2 is 2.00 bits per heavy atom. The van der Waals surface area contributed by atoms with Gasteiger partial charge in [-0.25, -0.2) is 0 Å². The molecular formula is C22H28N4O. The van der Waals surface area contributed by atoms with Gasteiger partial charge in [0.2, 0.25) is 0 Å². The van der Waals surface area contributed by atoms with Crippen LogP contribution in [0.3, 0.4) is 0 Å². The molecule has 0 atom stereocenters. The number of piperidine rings is 1. The highest BCUT2D eigenvalue weighted by atomic mass is 16.5. The van der Waals surface area contributed by atoms with Crippen LogP contribution in [-0.2, 0) is 26.6 Å². The summed E-state index contributed by atoms with van der Waals surface area (Å²) in [6.45, 7) is 4.23. The Balaban J connectivity index is 1.19. The Morgan fingerprint density at radius 3 is 2.85 bits per heavy atom. The Hall–Kier alpha value is -2.27. The maximum Gasteiger partial charge on any atom is 0.129 e. The van der Waals surface area contributed by atoms with Gasteiger partial charge in [-0.05, 0) is 56.4 Å². The van der Waals surface area contributed by atoms with Gasteiger partial charge in [0, 0.05) is 50.5 Å². The maximum atomic E-state index is 6.39. The number of aryl methyl sites for hydroxylation is 3. The molecule has 0 spiro atoms. The Morgan fingerprint density at radius 1 is 1.11 bits per heavy atom. The first kappa shape index (κ1) is 16.9. The minimum absolute atomic E-state index is 0.308. The van der Waals surface area contributed by atoms with Crippen molar-refractivity contribution in [3.05, 3.63) is 47.9 Å². The standard InChI is InChI=1S/C22H28N4O/c1-24-12-10-20-21(24)6-4-7-22(20)27-19-8-13-25(14-9-19)16-17-15-18-5-2-3-11-26(18)23-17/h4,6-7,10,12,15,19H,2-3,5,8-9,11,13-14,16H2,1H3. The predicted molar refractivity (Wildman–Crippen MR) is 107 cm³/mol. The van der Waals surface area contributed by atoms with E-state index in [0.29, 0.717) is 6.10 Å². The lowest BCUT2D eigenvalue weighted by molar-refractivity contribution is 0.0971. The first-order valence-corrected chi connectivity index (χ1v) is 10.2. The lowest BCUT2D eigenvalue weighted by atomic mass is 10.1. The van der Waals surface area contributed by atoms with Crippen LogP contribution in [0.5, 0.6) is 5.75 Å². The van der Waals surface area contributed by atoms with E-state index >= 15 is 0 Å². The molecule has 1 saturated heterocycles. The average Bonchev–Trinajstić information content (AvgIpc) is 3.27. The van der Waals surface area contributed by atoms with Crippen LogP contribution < -0.4 is 4.74 Å². The van der Waals surface area contributed by atoms with E-state index in [4.69, 9.17) is 9.84 Å². The number of hydrogen-bond acceptors (Lipinski definition) is 3. The lowest BCUT2D eigenvalue weighted by Gasteiger charge is -2.31. The number of rotatable bonds is 4. The third-order valence-electron chi connectivity index (χ3n) is 6.07. The van der Waals surface area contributed by atoms with Gasteiger partial charge in [-0.2, -0.15) is 5.10 Å². The minimum Gasteiger partial charge on any atom is -0.490 e. The minimum atomic E-state index is 0.308. The fourth-order valence-corrected chi connectivity index (χ4v) is 4.53. The summed E-state index contributed by atoms with van der Waals surface area (Å²) in [5.41, 5.74) is 3.89. The van der Waals surface area contributed by atoms with Crippen LogP contribution in [0.25, 0.3) is 10.9 Å². The molecule has 2 aromatic heterocycles. The van der Waals surface area contributed by atoms with E-state index in [1.807, 2.05) is 0 Å². The largest absolute Gasteiger partial charge is 0.490 e. The molecule has 3 aromatic rings. The van der Waals surface area contributed by atoms with Gasteiger partial charge in [0.25, 0.3) is 0 Å². The Kier molecular flexibility index (Phi) is 4.40. The summed E-state index contributed by atoms with van der Waals surface area (Å²) in [6, 6.07) is 10.8. The molecule has 27 heavy (non-hydrogen) atoms. The fourth-order valence-electron chi connectivity index (χ4n) is 4.53. The summed E-state index contributed by atoms with van der Waals surface area (Å²) in [5, 5.41) is 6.02. The zero-order valence-corrected chi connectivity index (χ0v) is 16.1. The van der Waals surface area contributed by atoms with Gasteiger partial charge in [-0.3, -0.25) is 9.58 Å². The molecule has 142 valence electrons. The summed E-state index contributed by atoms with van der Waals surface area (Å²) in [5.74, 6) is 1.02. The number of hydrogen-bond donors (Lipinski definition) is 0. The molecule has 5 rings (SSSR count). The van der Waals surface area contributed by atoms with E-state index in [1.54, 1.807) is 0 Å². The van der Waals surface area contributed by atoms with Crippen molar-refractivity contribution in [3.63, 3.8) is 0 Å². The van der Waals surface area contributed by atoms with Crippen molar-refractivity contribution in [1.29, 1.82) is 0 Å². The fraction of sp³-hybridized carbons (Fsp3) is 0.500. The Bertz CT molecular complexity index is 910. The van der Waals surface area contributed by atoms with Crippen molar-refractivity contribution in [2.45, 2.75) is 51.3 Å². The van der Waals surface area contributed by atoms with E-state index in [9.17, 15) is 0 Å². The van der Waals surface area contributed by atoms with E-state index < -0.39 is 0 Å². The van der Waals surface area contributed by atoms with Crippen LogP contribution in [0, 0.1) is 0 Å². The molecule has 1 fully saturated rings. The van der Waals surface area contributed by atoms with E-state index in [2.05, 4.69) is 57.7 Å². The summed E-state index contributed by atoms with van der Waals surface area (Å²) >= 11 is 0. The predicted octanol–water partition coefficient (Wildman–Crippen LogP) is 3.75. The SMILES string of the molecule is Cn1ccc2c(OC3CCN(Cc4cc5n(n4)CCCC5)CC3)cccc21. The first-order valence-electron chi connectivity index (χ1n) is 10.2. The zero-order valence-electron chi connectivity index (χ0n) is 16.1. The van der Waals surface area contributed by atoms with Gasteiger partial charge in [-0.15, -0.1) is 0 Å². The molecule has 0 unspecified atom stereocenters. The number of benzene rings is 1. The average molecular weight is 364 g/mol. The monoisotopic (exact) mass is 364 g/mol. The molecule has 0 saturated carbocycles. The maximum absolute atomic E-state index is 6.39. The third-order valence-corrected chi connectivity index (χ3v) is 6.07. The molecule has 0 amide bonds. The van der Waals surface area contributed by atoms with Crippen LogP contribution in [-0.4, -0.2) is 38.4 Å². The lowest BCUT2D eigenvalue weighted by Crippen LogP contribution is -2.37. The number of ether oxygens (including phenoxy) is 1. The smallest absolute Gasteiger partial charge is 0.129 e. The quantitative estimate of drug-likeness (QED) is 0.707. The third kappa shape index (κ3) is 3.36. The van der Waals surface area contributed by atoms with Crippen molar-refractivity contribution in [2.75, 3.05) is 13.1 Å². The molecule has 2 aliphatic heterocycles. The van der Waals surface area contributed by atoms with E-state index in [0.717, 1.165) is 44.8 Å². The van der Waals surface area contributed by atoms with Gasteiger partial charge in [-0.1, -0.05) is 6.07 Å². The number of aromatic nitrogens is 3. The highest BCUT2D eigenvalue weighted by Crippen LogP contribution is 2.29. The molecule has 0 radical (unpaired) electrons. The van der Waals surface area contributed by atoms with Crippen molar-refractivity contribution >= 4 is 10.9 Å². The van der Waals surface area contributed by atoms with Gasteiger partial charge in [0.05, 0.1) is 11.2 Å². The molecule has 5 nitrogen and oxygen atoms in total. The molecule has 0 N–H and O–H groups in total. The second kappa shape index (κ2) is 7.04. The van der Waals surface area contributed by atoms with Crippen molar-refractivity contribution < 1.29 is 4.74 Å². The van der Waals surface area contributed by atoms with Crippen molar-refractivity contribution in [1.82, 2.24) is 19.2 Å². The van der Waals surface area contributed by atoms with E-state index in [-0.39, 0.29) is 0 Å². The first-order chi connectivity index (χ1) is 13.3. The van der Waals surface area contributed by atoms with Crippen LogP contribution in [0.1, 0.15) is 37.1 Å². The Labute approximate surface area is 160 Å². The molecule has 4 heterocycles. The number of likely N-dealkylation sites (tertiary alicyclic amines) is 1. The number of fused-ring (bicyclic) bond motifs is 2. The molecule has 0 bridgehead atoms. The van der Waals surface area contributed by atoms with Crippen LogP contribution in [0.15, 0.2) is 36.5 Å². The van der Waals surface area contributed by atoms with Crippen molar-refractivity contribution in [2.24, 2.45) is 7.05 Å². The molecule has 5 heteroatoms. The second-order valence-corrected chi connectivity index (χ2v) is 8.02. The van der Waals surface area contributed by atoms with Gasteiger partial charge >= 0.3 is 0 Å². The summed E-state index contributed by atoms with van der Waals surface area (Å²) in [7, 11) is 2.08. The van der Waals surface area contributed by atoms with Crippen LogP contribution in [0.4, 0.5) is 0 Å². The molecule has 0 aliphatic carbocycles.